The van der Waals surface area contributed by atoms with E-state index in [9.17, 15) is 0 Å². The molecule has 0 unspecified atom stereocenters. The molecule has 1 heterocycles. The topological polar surface area (TPSA) is 60.2 Å². The summed E-state index contributed by atoms with van der Waals surface area (Å²) in [5.41, 5.74) is 1.73. The van der Waals surface area contributed by atoms with Gasteiger partial charge in [0.15, 0.2) is 0 Å². The molecular weight excluding hydrogens is 182 g/mol. The second kappa shape index (κ2) is 6.50. The molecule has 0 saturated carbocycles. The van der Waals surface area contributed by atoms with Crippen molar-refractivity contribution in [2.45, 2.75) is 26.8 Å². The first-order valence-corrected chi connectivity index (χ1v) is 4.91. The fourth-order valence-electron chi connectivity index (χ4n) is 1.06. The van der Waals surface area contributed by atoms with Gasteiger partial charge in [-0.05, 0) is 26.8 Å². The molecule has 1 rings (SSSR count). The van der Waals surface area contributed by atoms with Gasteiger partial charge in [0.05, 0.1) is 0 Å². The third-order valence-corrected chi connectivity index (χ3v) is 1.89. The summed E-state index contributed by atoms with van der Waals surface area (Å²) < 4.78 is 9.78. The van der Waals surface area contributed by atoms with Crippen LogP contribution >= 0.6 is 0 Å². The molecule has 0 aliphatic heterocycles. The van der Waals surface area contributed by atoms with Crippen molar-refractivity contribution in [3.63, 3.8) is 0 Å². The Morgan fingerprint density at radius 1 is 1.43 bits per heavy atom. The van der Waals surface area contributed by atoms with Gasteiger partial charge >= 0.3 is 0 Å². The molecular formula is C9H17N3O2. The molecule has 1 aromatic rings. The molecule has 0 bridgehead atoms. The van der Waals surface area contributed by atoms with E-state index in [4.69, 9.17) is 4.74 Å². The normalized spacial score (nSPS) is 10.7. The van der Waals surface area contributed by atoms with Gasteiger partial charge < -0.3 is 10.1 Å². The number of nitrogens with zero attached hydrogens (tertiary/aromatic N) is 2. The van der Waals surface area contributed by atoms with Crippen molar-refractivity contribution in [1.29, 1.82) is 0 Å². The van der Waals surface area contributed by atoms with Gasteiger partial charge in [0.2, 0.25) is 0 Å². The zero-order valence-corrected chi connectivity index (χ0v) is 8.75. The second-order valence-electron chi connectivity index (χ2n) is 3.02. The van der Waals surface area contributed by atoms with E-state index in [1.54, 1.807) is 0 Å². The van der Waals surface area contributed by atoms with Crippen LogP contribution in [-0.4, -0.2) is 30.1 Å². The van der Waals surface area contributed by atoms with Gasteiger partial charge in [-0.3, -0.25) is 0 Å². The summed E-state index contributed by atoms with van der Waals surface area (Å²) in [6.07, 6.45) is 1.01. The third-order valence-electron chi connectivity index (χ3n) is 1.89. The highest BCUT2D eigenvalue weighted by molar-refractivity contribution is 5.03. The summed E-state index contributed by atoms with van der Waals surface area (Å²) in [6.45, 7) is 7.10. The van der Waals surface area contributed by atoms with Crippen LogP contribution < -0.4 is 5.32 Å². The van der Waals surface area contributed by atoms with E-state index in [1.165, 1.54) is 0 Å². The van der Waals surface area contributed by atoms with Gasteiger partial charge in [-0.15, -0.1) is 0 Å². The van der Waals surface area contributed by atoms with Crippen LogP contribution in [0.5, 0.6) is 0 Å². The van der Waals surface area contributed by atoms with Crippen molar-refractivity contribution in [3.8, 4) is 0 Å². The van der Waals surface area contributed by atoms with Gasteiger partial charge in [-0.25, -0.2) is 4.63 Å². The standard InChI is InChI=1S/C9H17N3O2/c1-3-13-6-4-5-10-7-9-8(2)11-14-12-9/h10H,3-7H2,1-2H3. The van der Waals surface area contributed by atoms with Crippen molar-refractivity contribution < 1.29 is 9.37 Å². The van der Waals surface area contributed by atoms with Crippen molar-refractivity contribution in [2.24, 2.45) is 0 Å². The van der Waals surface area contributed by atoms with Gasteiger partial charge in [0.1, 0.15) is 11.4 Å². The predicted molar refractivity (Wildman–Crippen MR) is 51.9 cm³/mol. The van der Waals surface area contributed by atoms with Crippen molar-refractivity contribution >= 4 is 0 Å². The molecule has 0 aliphatic rings. The Morgan fingerprint density at radius 3 is 2.93 bits per heavy atom. The van der Waals surface area contributed by atoms with Gasteiger partial charge in [-0.2, -0.15) is 0 Å². The number of ether oxygens (including phenoxy) is 1. The van der Waals surface area contributed by atoms with Crippen molar-refractivity contribution in [1.82, 2.24) is 15.6 Å². The zero-order valence-electron chi connectivity index (χ0n) is 8.75. The fraction of sp³-hybridized carbons (Fsp3) is 0.778. The quantitative estimate of drug-likeness (QED) is 0.661. The van der Waals surface area contributed by atoms with E-state index in [2.05, 4.69) is 20.3 Å². The molecule has 0 aliphatic carbocycles. The molecule has 0 fully saturated rings. The van der Waals surface area contributed by atoms with E-state index in [1.807, 2.05) is 13.8 Å². The molecule has 0 saturated heterocycles. The van der Waals surface area contributed by atoms with Crippen molar-refractivity contribution in [2.75, 3.05) is 19.8 Å². The smallest absolute Gasteiger partial charge is 0.121 e. The third kappa shape index (κ3) is 3.85. The van der Waals surface area contributed by atoms with Crippen LogP contribution in [0.2, 0.25) is 0 Å². The molecule has 0 aromatic carbocycles. The van der Waals surface area contributed by atoms with E-state index >= 15 is 0 Å². The predicted octanol–water partition coefficient (Wildman–Crippen LogP) is 0.894. The molecule has 14 heavy (non-hydrogen) atoms. The summed E-state index contributed by atoms with van der Waals surface area (Å²) in [6, 6.07) is 0. The Morgan fingerprint density at radius 2 is 2.29 bits per heavy atom. The Labute approximate surface area is 83.8 Å². The van der Waals surface area contributed by atoms with E-state index in [0.29, 0.717) is 6.54 Å². The highest BCUT2D eigenvalue weighted by Gasteiger charge is 2.02. The number of aromatic nitrogens is 2. The molecule has 5 nitrogen and oxygen atoms in total. The highest BCUT2D eigenvalue weighted by atomic mass is 16.6. The average Bonchev–Trinajstić information content (AvgIpc) is 2.58. The molecule has 1 N–H and O–H groups in total. The molecule has 0 spiro atoms. The molecule has 5 heteroatoms. The zero-order chi connectivity index (χ0) is 10.2. The number of nitrogens with one attached hydrogen (secondary N) is 1. The summed E-state index contributed by atoms with van der Waals surface area (Å²) in [4.78, 5) is 0. The van der Waals surface area contributed by atoms with Gasteiger partial charge in [-0.1, -0.05) is 10.3 Å². The highest BCUT2D eigenvalue weighted by Crippen LogP contribution is 1.98. The molecule has 80 valence electrons. The van der Waals surface area contributed by atoms with Crippen LogP contribution in [0.25, 0.3) is 0 Å². The first-order valence-electron chi connectivity index (χ1n) is 4.91. The van der Waals surface area contributed by atoms with Crippen LogP contribution in [0.15, 0.2) is 4.63 Å². The van der Waals surface area contributed by atoms with Gasteiger partial charge in [0, 0.05) is 19.8 Å². The van der Waals surface area contributed by atoms with Gasteiger partial charge in [0.25, 0.3) is 0 Å². The molecule has 0 radical (unpaired) electrons. The number of hydrogen-bond donors (Lipinski definition) is 1. The number of rotatable bonds is 7. The summed E-state index contributed by atoms with van der Waals surface area (Å²) in [5, 5.41) is 10.7. The van der Waals surface area contributed by atoms with Crippen LogP contribution in [0, 0.1) is 6.92 Å². The second-order valence-corrected chi connectivity index (χ2v) is 3.02. The minimum absolute atomic E-state index is 0.710. The lowest BCUT2D eigenvalue weighted by Gasteiger charge is -2.02. The lowest BCUT2D eigenvalue weighted by molar-refractivity contribution is 0.144. The summed E-state index contributed by atoms with van der Waals surface area (Å²) in [7, 11) is 0. The maximum absolute atomic E-state index is 5.21. The van der Waals surface area contributed by atoms with E-state index in [-0.39, 0.29) is 0 Å². The summed E-state index contributed by atoms with van der Waals surface area (Å²) >= 11 is 0. The van der Waals surface area contributed by atoms with E-state index in [0.717, 1.165) is 37.6 Å². The Kier molecular flexibility index (Phi) is 5.17. The van der Waals surface area contributed by atoms with Crippen LogP contribution in [-0.2, 0) is 11.3 Å². The van der Waals surface area contributed by atoms with Crippen molar-refractivity contribution in [3.05, 3.63) is 11.4 Å². The Bertz CT molecular complexity index is 250. The molecule has 0 amide bonds. The maximum Gasteiger partial charge on any atom is 0.121 e. The Hall–Kier alpha value is -0.940. The fourth-order valence-corrected chi connectivity index (χ4v) is 1.06. The number of aryl methyl sites for hydroxylation is 1. The first kappa shape index (κ1) is 11.1. The minimum atomic E-state index is 0.710. The summed E-state index contributed by atoms with van der Waals surface area (Å²) in [5.74, 6) is 0. The molecule has 0 atom stereocenters. The van der Waals surface area contributed by atoms with E-state index < -0.39 is 0 Å². The van der Waals surface area contributed by atoms with Crippen LogP contribution in [0.3, 0.4) is 0 Å². The maximum atomic E-state index is 5.21. The lowest BCUT2D eigenvalue weighted by atomic mass is 10.3. The first-order chi connectivity index (χ1) is 6.84. The molecule has 1 aromatic heterocycles. The average molecular weight is 199 g/mol. The SMILES string of the molecule is CCOCCCNCc1nonc1C. The number of hydrogen-bond acceptors (Lipinski definition) is 5. The van der Waals surface area contributed by atoms with Crippen LogP contribution in [0.1, 0.15) is 24.7 Å². The largest absolute Gasteiger partial charge is 0.382 e. The lowest BCUT2D eigenvalue weighted by Crippen LogP contribution is -2.17. The van der Waals surface area contributed by atoms with Crippen LogP contribution in [0.4, 0.5) is 0 Å². The monoisotopic (exact) mass is 199 g/mol. The minimum Gasteiger partial charge on any atom is -0.382 e. The Balaban J connectivity index is 2.02.